The van der Waals surface area contributed by atoms with Gasteiger partial charge in [0.15, 0.2) is 0 Å². The number of hydrogen-bond donors (Lipinski definition) is 1. The normalized spacial score (nSPS) is 12.6. The van der Waals surface area contributed by atoms with Crippen LogP contribution in [0.2, 0.25) is 0 Å². The average molecular weight is 326 g/mol. The number of aromatic nitrogens is 2. The molecule has 0 aliphatic heterocycles. The van der Waals surface area contributed by atoms with Crippen LogP contribution in [0.1, 0.15) is 24.4 Å². The quantitative estimate of drug-likeness (QED) is 0.914. The van der Waals surface area contributed by atoms with E-state index in [1.165, 1.54) is 6.07 Å². The van der Waals surface area contributed by atoms with Crippen LogP contribution >= 0.6 is 15.9 Å². The second-order valence-electron chi connectivity index (χ2n) is 4.46. The van der Waals surface area contributed by atoms with Gasteiger partial charge in [0.25, 0.3) is 0 Å². The lowest BCUT2D eigenvalue weighted by atomic mass is 10.1. The number of likely N-dealkylation sites (N-methyl/N-ethyl adjacent to an activating group) is 1. The molecule has 1 aromatic heterocycles. The number of nitrogens with one attached hydrogen (secondary N) is 1. The molecular weight excluding hydrogens is 309 g/mol. The Hall–Kier alpha value is -1.20. The summed E-state index contributed by atoms with van der Waals surface area (Å²) in [5.41, 5.74) is 1.07. The van der Waals surface area contributed by atoms with E-state index in [1.807, 2.05) is 29.9 Å². The summed E-state index contributed by atoms with van der Waals surface area (Å²) in [7, 11) is 1.98. The van der Waals surface area contributed by atoms with Crippen molar-refractivity contribution in [3.05, 3.63) is 52.3 Å². The van der Waals surface area contributed by atoms with Crippen LogP contribution in [0.3, 0.4) is 0 Å². The second-order valence-corrected chi connectivity index (χ2v) is 5.31. The van der Waals surface area contributed by atoms with Crippen LogP contribution < -0.4 is 5.32 Å². The highest BCUT2D eigenvalue weighted by atomic mass is 79.9. The van der Waals surface area contributed by atoms with Gasteiger partial charge in [-0.15, -0.1) is 0 Å². The molecule has 3 nitrogen and oxygen atoms in total. The predicted octanol–water partition coefficient (Wildman–Crippen LogP) is 3.22. The molecule has 1 heterocycles. The molecular formula is C14H17BrFN3. The van der Waals surface area contributed by atoms with Crippen LogP contribution in [-0.2, 0) is 13.5 Å². The molecule has 5 heteroatoms. The van der Waals surface area contributed by atoms with E-state index < -0.39 is 0 Å². The number of aryl methyl sites for hydroxylation is 1. The second kappa shape index (κ2) is 6.30. The first-order chi connectivity index (χ1) is 9.11. The highest BCUT2D eigenvalue weighted by molar-refractivity contribution is 9.10. The highest BCUT2D eigenvalue weighted by Gasteiger charge is 2.16. The molecule has 2 rings (SSSR count). The zero-order chi connectivity index (χ0) is 13.8. The average Bonchev–Trinajstić information content (AvgIpc) is 2.79. The molecule has 2 aromatic rings. The molecule has 19 heavy (non-hydrogen) atoms. The van der Waals surface area contributed by atoms with Gasteiger partial charge in [0, 0.05) is 19.4 Å². The van der Waals surface area contributed by atoms with Gasteiger partial charge < -0.3 is 9.88 Å². The van der Waals surface area contributed by atoms with Crippen molar-refractivity contribution in [2.75, 3.05) is 6.54 Å². The van der Waals surface area contributed by atoms with Crippen molar-refractivity contribution >= 4 is 15.9 Å². The number of imidazole rings is 1. The Labute approximate surface area is 121 Å². The molecule has 0 aliphatic carbocycles. The maximum Gasteiger partial charge on any atom is 0.137 e. The van der Waals surface area contributed by atoms with Gasteiger partial charge in [-0.1, -0.05) is 13.0 Å². The fourth-order valence-electron chi connectivity index (χ4n) is 2.12. The molecule has 102 valence electrons. The first-order valence-electron chi connectivity index (χ1n) is 6.26. The van der Waals surface area contributed by atoms with Crippen molar-refractivity contribution < 1.29 is 4.39 Å². The van der Waals surface area contributed by atoms with Gasteiger partial charge in [0.2, 0.25) is 0 Å². The van der Waals surface area contributed by atoms with E-state index in [0.717, 1.165) is 24.4 Å². The summed E-state index contributed by atoms with van der Waals surface area (Å²) < 4.78 is 15.7. The SMILES string of the molecule is CCNC(Cc1ccc(F)c(Br)c1)c1nccn1C. The number of benzene rings is 1. The Morgan fingerprint density at radius 1 is 1.47 bits per heavy atom. The maximum absolute atomic E-state index is 13.2. The van der Waals surface area contributed by atoms with Crippen molar-refractivity contribution in [3.8, 4) is 0 Å². The largest absolute Gasteiger partial charge is 0.337 e. The Kier molecular flexibility index (Phi) is 4.71. The first kappa shape index (κ1) is 14.2. The first-order valence-corrected chi connectivity index (χ1v) is 7.05. The standard InChI is InChI=1S/C14H17BrFN3/c1-3-17-13(14-18-6-7-19(14)2)9-10-4-5-12(16)11(15)8-10/h4-8,13,17H,3,9H2,1-2H3. The van der Waals surface area contributed by atoms with Gasteiger partial charge in [-0.05, 0) is 46.6 Å². The fourth-order valence-corrected chi connectivity index (χ4v) is 2.54. The summed E-state index contributed by atoms with van der Waals surface area (Å²) in [6.45, 7) is 2.93. The lowest BCUT2D eigenvalue weighted by Gasteiger charge is -2.18. The molecule has 0 spiro atoms. The van der Waals surface area contributed by atoms with E-state index in [0.29, 0.717) is 4.47 Å². The van der Waals surface area contributed by atoms with Crippen LogP contribution in [0.25, 0.3) is 0 Å². The van der Waals surface area contributed by atoms with Gasteiger partial charge in [-0.3, -0.25) is 0 Å². The number of rotatable bonds is 5. The third kappa shape index (κ3) is 3.42. The lowest BCUT2D eigenvalue weighted by molar-refractivity contribution is 0.506. The fraction of sp³-hybridized carbons (Fsp3) is 0.357. The van der Waals surface area contributed by atoms with E-state index >= 15 is 0 Å². The van der Waals surface area contributed by atoms with Gasteiger partial charge in [-0.2, -0.15) is 0 Å². The zero-order valence-electron chi connectivity index (χ0n) is 11.0. The number of halogens is 2. The van der Waals surface area contributed by atoms with E-state index in [2.05, 4.69) is 33.2 Å². The summed E-state index contributed by atoms with van der Waals surface area (Å²) in [5.74, 6) is 0.753. The van der Waals surface area contributed by atoms with E-state index in [4.69, 9.17) is 0 Å². The molecule has 0 saturated heterocycles. The molecule has 0 fully saturated rings. The van der Waals surface area contributed by atoms with Gasteiger partial charge in [0.05, 0.1) is 10.5 Å². The lowest BCUT2D eigenvalue weighted by Crippen LogP contribution is -2.25. The van der Waals surface area contributed by atoms with Crippen molar-refractivity contribution in [1.29, 1.82) is 0 Å². The molecule has 1 atom stereocenters. The number of hydrogen-bond acceptors (Lipinski definition) is 2. The Morgan fingerprint density at radius 3 is 2.84 bits per heavy atom. The van der Waals surface area contributed by atoms with Crippen molar-refractivity contribution in [2.45, 2.75) is 19.4 Å². The molecule has 0 bridgehead atoms. The topological polar surface area (TPSA) is 29.9 Å². The van der Waals surface area contributed by atoms with Gasteiger partial charge in [0.1, 0.15) is 11.6 Å². The molecule has 0 radical (unpaired) electrons. The predicted molar refractivity (Wildman–Crippen MR) is 77.4 cm³/mol. The van der Waals surface area contributed by atoms with Gasteiger partial charge in [-0.25, -0.2) is 9.37 Å². The highest BCUT2D eigenvalue weighted by Crippen LogP contribution is 2.21. The van der Waals surface area contributed by atoms with Crippen LogP contribution in [0, 0.1) is 5.82 Å². The van der Waals surface area contributed by atoms with Crippen LogP contribution in [0.5, 0.6) is 0 Å². The smallest absolute Gasteiger partial charge is 0.137 e. The summed E-state index contributed by atoms with van der Waals surface area (Å²) >= 11 is 3.22. The minimum absolute atomic E-state index is 0.127. The van der Waals surface area contributed by atoms with Crippen LogP contribution in [-0.4, -0.2) is 16.1 Å². The third-order valence-electron chi connectivity index (χ3n) is 3.04. The van der Waals surface area contributed by atoms with E-state index in [1.54, 1.807) is 6.20 Å². The maximum atomic E-state index is 13.2. The Balaban J connectivity index is 2.21. The Bertz CT molecular complexity index is 553. The monoisotopic (exact) mass is 325 g/mol. The summed E-state index contributed by atoms with van der Waals surface area (Å²) in [4.78, 5) is 4.39. The minimum atomic E-state index is -0.235. The van der Waals surface area contributed by atoms with Crippen molar-refractivity contribution in [3.63, 3.8) is 0 Å². The van der Waals surface area contributed by atoms with Crippen LogP contribution in [0.4, 0.5) is 4.39 Å². The molecule has 0 saturated carbocycles. The van der Waals surface area contributed by atoms with E-state index in [-0.39, 0.29) is 11.9 Å². The molecule has 1 unspecified atom stereocenters. The third-order valence-corrected chi connectivity index (χ3v) is 3.65. The Morgan fingerprint density at radius 2 is 2.26 bits per heavy atom. The molecule has 0 amide bonds. The van der Waals surface area contributed by atoms with Gasteiger partial charge >= 0.3 is 0 Å². The van der Waals surface area contributed by atoms with Crippen LogP contribution in [0.15, 0.2) is 35.1 Å². The summed E-state index contributed by atoms with van der Waals surface area (Å²) in [6, 6.07) is 5.25. The van der Waals surface area contributed by atoms with E-state index in [9.17, 15) is 4.39 Å². The minimum Gasteiger partial charge on any atom is -0.337 e. The molecule has 1 N–H and O–H groups in total. The summed E-state index contributed by atoms with van der Waals surface area (Å²) in [6.07, 6.45) is 4.50. The number of nitrogens with zero attached hydrogens (tertiary/aromatic N) is 2. The zero-order valence-corrected chi connectivity index (χ0v) is 12.6. The molecule has 1 aromatic carbocycles. The molecule has 0 aliphatic rings. The van der Waals surface area contributed by atoms with Crippen molar-refractivity contribution in [1.82, 2.24) is 14.9 Å². The van der Waals surface area contributed by atoms with Crippen molar-refractivity contribution in [2.24, 2.45) is 7.05 Å². The summed E-state index contributed by atoms with van der Waals surface area (Å²) in [5, 5.41) is 3.42.